The molecule has 0 atom stereocenters. The van der Waals surface area contributed by atoms with Gasteiger partial charge in [0.05, 0.1) is 13.0 Å². The molecular formula is C22H23NO3S. The van der Waals surface area contributed by atoms with Crippen LogP contribution < -0.4 is 5.56 Å². The molecule has 0 bridgehead atoms. The number of esters is 1. The zero-order valence-corrected chi connectivity index (χ0v) is 16.5. The van der Waals surface area contributed by atoms with Crippen LogP contribution in [0.2, 0.25) is 0 Å². The summed E-state index contributed by atoms with van der Waals surface area (Å²) in [7, 11) is 0. The van der Waals surface area contributed by atoms with E-state index in [1.807, 2.05) is 19.1 Å². The zero-order chi connectivity index (χ0) is 19.0. The molecule has 2 heterocycles. The van der Waals surface area contributed by atoms with Crippen molar-refractivity contribution < 1.29 is 9.53 Å². The third-order valence-corrected chi connectivity index (χ3v) is 6.40. The fourth-order valence-electron chi connectivity index (χ4n) is 3.93. The van der Waals surface area contributed by atoms with Gasteiger partial charge in [0.1, 0.15) is 4.83 Å². The molecule has 1 aliphatic carbocycles. The SMILES string of the molecule is CCOC(=O)Cc1c(-c2ccc(C)cc2)c2c3c(sc2[nH]c1=O)CCCC3. The van der Waals surface area contributed by atoms with E-state index in [0.717, 1.165) is 34.2 Å². The van der Waals surface area contributed by atoms with Crippen molar-refractivity contribution in [3.8, 4) is 11.1 Å². The molecular weight excluding hydrogens is 358 g/mol. The maximum absolute atomic E-state index is 12.9. The van der Waals surface area contributed by atoms with Gasteiger partial charge in [-0.1, -0.05) is 29.8 Å². The minimum atomic E-state index is -0.361. The first kappa shape index (κ1) is 18.0. The van der Waals surface area contributed by atoms with E-state index in [1.165, 1.54) is 28.8 Å². The maximum atomic E-state index is 12.9. The zero-order valence-electron chi connectivity index (χ0n) is 15.7. The first-order valence-electron chi connectivity index (χ1n) is 9.50. The van der Waals surface area contributed by atoms with Crippen LogP contribution in [0, 0.1) is 6.92 Å². The Morgan fingerprint density at radius 2 is 1.93 bits per heavy atom. The van der Waals surface area contributed by atoms with Gasteiger partial charge in [-0.15, -0.1) is 11.3 Å². The summed E-state index contributed by atoms with van der Waals surface area (Å²) < 4.78 is 5.13. The lowest BCUT2D eigenvalue weighted by molar-refractivity contribution is -0.142. The molecule has 0 amide bonds. The van der Waals surface area contributed by atoms with Crippen molar-refractivity contribution in [2.75, 3.05) is 6.61 Å². The van der Waals surface area contributed by atoms with Crippen molar-refractivity contribution in [2.45, 2.75) is 46.0 Å². The van der Waals surface area contributed by atoms with Gasteiger partial charge in [0.15, 0.2) is 0 Å². The molecule has 140 valence electrons. The number of carbonyl (C=O) groups is 1. The number of aromatic amines is 1. The van der Waals surface area contributed by atoms with Crippen molar-refractivity contribution >= 4 is 27.5 Å². The van der Waals surface area contributed by atoms with E-state index in [2.05, 4.69) is 17.1 Å². The summed E-state index contributed by atoms with van der Waals surface area (Å²) in [4.78, 5) is 30.4. The number of ether oxygens (including phenoxy) is 1. The van der Waals surface area contributed by atoms with Crippen LogP contribution in [0.5, 0.6) is 0 Å². The summed E-state index contributed by atoms with van der Waals surface area (Å²) in [5, 5.41) is 1.12. The average Bonchev–Trinajstić information content (AvgIpc) is 3.01. The molecule has 0 unspecified atom stereocenters. The van der Waals surface area contributed by atoms with Crippen molar-refractivity contribution in [3.63, 3.8) is 0 Å². The topological polar surface area (TPSA) is 59.2 Å². The smallest absolute Gasteiger partial charge is 0.310 e. The van der Waals surface area contributed by atoms with Gasteiger partial charge in [-0.3, -0.25) is 9.59 Å². The number of fused-ring (bicyclic) bond motifs is 3. The van der Waals surface area contributed by atoms with Crippen molar-refractivity contribution in [1.82, 2.24) is 4.98 Å². The normalized spacial score (nSPS) is 13.6. The van der Waals surface area contributed by atoms with Crippen LogP contribution >= 0.6 is 11.3 Å². The maximum Gasteiger partial charge on any atom is 0.310 e. The lowest BCUT2D eigenvalue weighted by Crippen LogP contribution is -2.19. The number of aryl methyl sites for hydroxylation is 3. The minimum absolute atomic E-state index is 0.00700. The number of aromatic nitrogens is 1. The number of hydrogen-bond donors (Lipinski definition) is 1. The summed E-state index contributed by atoms with van der Waals surface area (Å²) in [6.07, 6.45) is 4.45. The number of rotatable bonds is 4. The Morgan fingerprint density at radius 3 is 2.67 bits per heavy atom. The van der Waals surface area contributed by atoms with E-state index in [9.17, 15) is 9.59 Å². The Morgan fingerprint density at radius 1 is 1.19 bits per heavy atom. The van der Waals surface area contributed by atoms with E-state index < -0.39 is 0 Å². The Bertz CT molecular complexity index is 1060. The molecule has 4 rings (SSSR count). The molecule has 0 spiro atoms. The van der Waals surface area contributed by atoms with Gasteiger partial charge >= 0.3 is 5.97 Å². The lowest BCUT2D eigenvalue weighted by atomic mass is 9.90. The predicted molar refractivity (Wildman–Crippen MR) is 110 cm³/mol. The van der Waals surface area contributed by atoms with E-state index in [-0.39, 0.29) is 17.9 Å². The number of hydrogen-bond acceptors (Lipinski definition) is 4. The third kappa shape index (κ3) is 3.32. The minimum Gasteiger partial charge on any atom is -0.466 e. The summed E-state index contributed by atoms with van der Waals surface area (Å²) in [5.74, 6) is -0.361. The number of benzene rings is 1. The molecule has 2 aromatic heterocycles. The Kier molecular flexibility index (Phi) is 4.87. The molecule has 3 aromatic rings. The highest BCUT2D eigenvalue weighted by Crippen LogP contribution is 2.41. The molecule has 0 saturated carbocycles. The number of carbonyl (C=O) groups excluding carboxylic acids is 1. The van der Waals surface area contributed by atoms with E-state index in [0.29, 0.717) is 12.2 Å². The second-order valence-corrected chi connectivity index (χ2v) is 8.18. The van der Waals surface area contributed by atoms with Crippen molar-refractivity contribution in [1.29, 1.82) is 0 Å². The average molecular weight is 381 g/mol. The molecule has 0 fully saturated rings. The van der Waals surface area contributed by atoms with Gasteiger partial charge in [-0.2, -0.15) is 0 Å². The molecule has 1 aliphatic rings. The second kappa shape index (κ2) is 7.31. The molecule has 4 nitrogen and oxygen atoms in total. The second-order valence-electron chi connectivity index (χ2n) is 7.07. The molecule has 1 N–H and O–H groups in total. The first-order chi connectivity index (χ1) is 13.1. The largest absolute Gasteiger partial charge is 0.466 e. The molecule has 27 heavy (non-hydrogen) atoms. The number of pyridine rings is 1. The van der Waals surface area contributed by atoms with Crippen LogP contribution in [0.3, 0.4) is 0 Å². The summed E-state index contributed by atoms with van der Waals surface area (Å²) >= 11 is 1.69. The lowest BCUT2D eigenvalue weighted by Gasteiger charge is -2.15. The van der Waals surface area contributed by atoms with Crippen LogP contribution in [0.1, 0.15) is 41.3 Å². The van der Waals surface area contributed by atoms with Crippen LogP contribution in [0.25, 0.3) is 21.3 Å². The Labute approximate surface area is 162 Å². The van der Waals surface area contributed by atoms with Crippen molar-refractivity contribution in [3.05, 3.63) is 56.2 Å². The van der Waals surface area contributed by atoms with Gasteiger partial charge < -0.3 is 9.72 Å². The van der Waals surface area contributed by atoms with E-state index >= 15 is 0 Å². The number of thiophene rings is 1. The van der Waals surface area contributed by atoms with Crippen LogP contribution in [0.4, 0.5) is 0 Å². The van der Waals surface area contributed by atoms with Gasteiger partial charge in [-0.25, -0.2) is 0 Å². The van der Waals surface area contributed by atoms with Gasteiger partial charge in [-0.05, 0) is 50.7 Å². The summed E-state index contributed by atoms with van der Waals surface area (Å²) in [5.41, 5.74) is 4.72. The first-order valence-corrected chi connectivity index (χ1v) is 10.3. The van der Waals surface area contributed by atoms with E-state index in [1.54, 1.807) is 18.3 Å². The van der Waals surface area contributed by atoms with Gasteiger partial charge in [0.25, 0.3) is 5.56 Å². The standard InChI is InChI=1S/C22H23NO3S/c1-3-26-18(24)12-16-19(14-10-8-13(2)9-11-14)20-15-6-4-5-7-17(15)27-22(20)23-21(16)25/h8-11H,3-7,12H2,1-2H3,(H,23,25). The summed E-state index contributed by atoms with van der Waals surface area (Å²) in [6.45, 7) is 4.14. The number of H-pyrrole nitrogens is 1. The third-order valence-electron chi connectivity index (χ3n) is 5.19. The number of nitrogens with one attached hydrogen (secondary N) is 1. The molecule has 0 saturated heterocycles. The van der Waals surface area contributed by atoms with E-state index in [4.69, 9.17) is 4.74 Å². The summed E-state index contributed by atoms with van der Waals surface area (Å²) in [6, 6.07) is 8.20. The van der Waals surface area contributed by atoms with Gasteiger partial charge in [0.2, 0.25) is 0 Å². The highest BCUT2D eigenvalue weighted by Gasteiger charge is 2.24. The van der Waals surface area contributed by atoms with Crippen LogP contribution in [0.15, 0.2) is 29.1 Å². The molecule has 0 aliphatic heterocycles. The van der Waals surface area contributed by atoms with Gasteiger partial charge in [0, 0.05) is 21.4 Å². The molecule has 1 aromatic carbocycles. The quantitative estimate of drug-likeness (QED) is 0.675. The monoisotopic (exact) mass is 381 g/mol. The Hall–Kier alpha value is -2.40. The van der Waals surface area contributed by atoms with Crippen LogP contribution in [-0.4, -0.2) is 17.6 Å². The highest BCUT2D eigenvalue weighted by molar-refractivity contribution is 7.19. The molecule has 0 radical (unpaired) electrons. The Balaban J connectivity index is 2.01. The highest BCUT2D eigenvalue weighted by atomic mass is 32.1. The van der Waals surface area contributed by atoms with Crippen LogP contribution in [-0.2, 0) is 28.8 Å². The fourth-order valence-corrected chi connectivity index (χ4v) is 5.22. The molecule has 5 heteroatoms. The van der Waals surface area contributed by atoms with Crippen molar-refractivity contribution in [2.24, 2.45) is 0 Å². The predicted octanol–water partition coefficient (Wildman–Crippen LogP) is 4.55. The fraction of sp³-hybridized carbons (Fsp3) is 0.364.